The number of carbonyl (C=O) groups is 4. The quantitative estimate of drug-likeness (QED) is 0.110. The Bertz CT molecular complexity index is 2220. The highest BCUT2D eigenvalue weighted by Crippen LogP contribution is 2.33. The van der Waals surface area contributed by atoms with Gasteiger partial charge in [0.1, 0.15) is 35.5 Å². The number of furan rings is 1. The Morgan fingerprint density at radius 1 is 0.610 bits per heavy atom. The van der Waals surface area contributed by atoms with Gasteiger partial charge in [0.25, 0.3) is 0 Å². The third-order valence-corrected chi connectivity index (χ3v) is 12.0. The molecule has 4 atom stereocenters. The number of nitrogens with zero attached hydrogens (tertiary/aromatic N) is 4. The summed E-state index contributed by atoms with van der Waals surface area (Å²) in [5, 5.41) is 6.95. The number of likely N-dealkylation sites (N-methyl/N-ethyl adjacent to an activating group) is 2. The molecule has 0 unspecified atom stereocenters. The van der Waals surface area contributed by atoms with Crippen LogP contribution in [-0.2, 0) is 19.2 Å². The Hall–Kier alpha value is -5.78. The smallest absolute Gasteiger partial charge is 0.247 e. The molecule has 2 aliphatic heterocycles. The van der Waals surface area contributed by atoms with Crippen molar-refractivity contribution >= 4 is 46.0 Å². The number of benzene rings is 4. The van der Waals surface area contributed by atoms with Crippen LogP contribution in [0.5, 0.6) is 0 Å². The van der Waals surface area contributed by atoms with Crippen molar-refractivity contribution in [3.05, 3.63) is 120 Å². The molecule has 4 amide bonds. The van der Waals surface area contributed by atoms with E-state index in [0.717, 1.165) is 61.1 Å². The minimum Gasteiger partial charge on any atom is -0.456 e. The van der Waals surface area contributed by atoms with Crippen LogP contribution in [0.4, 0.5) is 11.4 Å². The fraction of sp³-hybridized carbons (Fsp3) is 0.375. The standard InChI is InChI=1S/C48H56N6O5/c1-5-51(6-2)43(34-17-11-9-12-18-34)47(57)53-29-15-21-39(53)45(55)49-37-25-23-33(24-26-37)42-32-36-31-38(27-28-41(36)59-42)50-46(56)40-22-16-30-54(40)48(58)44(52(7-3)8-4)35-19-13-10-14-20-35/h9-14,17-20,23-28,31-32,39-40,43-44H,5-8,15-16,21-22,29-30H2,1-4H3,(H,49,55)(H,50,56)/t39-,40-,43+,44+/m0/s1. The average Bonchev–Trinajstić information content (AvgIpc) is 4.06. The lowest BCUT2D eigenvalue weighted by molar-refractivity contribution is -0.141. The van der Waals surface area contributed by atoms with Crippen molar-refractivity contribution in [1.29, 1.82) is 0 Å². The first-order chi connectivity index (χ1) is 28.7. The molecule has 4 aromatic carbocycles. The average molecular weight is 797 g/mol. The first-order valence-corrected chi connectivity index (χ1v) is 21.2. The van der Waals surface area contributed by atoms with E-state index in [1.54, 1.807) is 9.80 Å². The van der Waals surface area contributed by atoms with Crippen LogP contribution in [-0.4, -0.2) is 94.6 Å². The van der Waals surface area contributed by atoms with Crippen molar-refractivity contribution in [1.82, 2.24) is 19.6 Å². The van der Waals surface area contributed by atoms with Crippen LogP contribution >= 0.6 is 0 Å². The minimum atomic E-state index is -0.560. The zero-order valence-corrected chi connectivity index (χ0v) is 34.6. The molecule has 7 rings (SSSR count). The van der Waals surface area contributed by atoms with Gasteiger partial charge in [-0.05, 0) is 112 Å². The second-order valence-corrected chi connectivity index (χ2v) is 15.4. The molecule has 11 heteroatoms. The molecule has 2 N–H and O–H groups in total. The summed E-state index contributed by atoms with van der Waals surface area (Å²) >= 11 is 0. The zero-order valence-electron chi connectivity index (χ0n) is 34.6. The molecule has 5 aromatic rings. The molecule has 2 aliphatic rings. The van der Waals surface area contributed by atoms with E-state index in [4.69, 9.17) is 4.42 Å². The normalized spacial score (nSPS) is 17.7. The van der Waals surface area contributed by atoms with Crippen LogP contribution in [0.15, 0.2) is 114 Å². The Labute approximate surface area is 347 Å². The molecule has 0 aliphatic carbocycles. The van der Waals surface area contributed by atoms with Crippen molar-refractivity contribution in [3.8, 4) is 11.3 Å². The van der Waals surface area contributed by atoms with Gasteiger partial charge in [0.05, 0.1) is 0 Å². The molecule has 308 valence electrons. The summed E-state index contributed by atoms with van der Waals surface area (Å²) in [6.45, 7) is 12.2. The van der Waals surface area contributed by atoms with Crippen LogP contribution in [0.2, 0.25) is 0 Å². The number of carbonyl (C=O) groups excluding carboxylic acids is 4. The number of nitrogens with one attached hydrogen (secondary N) is 2. The van der Waals surface area contributed by atoms with Crippen molar-refractivity contribution in [2.45, 2.75) is 77.5 Å². The molecule has 1 aromatic heterocycles. The SMILES string of the molecule is CCN(CC)[C@@H](C(=O)N1CCC[C@H]1C(=O)Nc1ccc(-c2cc3cc(NC(=O)[C@@H]4CCCN4C(=O)[C@@H](c4ccccc4)N(CC)CC)ccc3o2)cc1)c1ccccc1. The van der Waals surface area contributed by atoms with Gasteiger partial charge >= 0.3 is 0 Å². The van der Waals surface area contributed by atoms with E-state index in [0.29, 0.717) is 48.6 Å². The number of fused-ring (bicyclic) bond motifs is 1. The Kier molecular flexibility index (Phi) is 13.2. The predicted octanol–water partition coefficient (Wildman–Crippen LogP) is 8.13. The maximum absolute atomic E-state index is 14.1. The van der Waals surface area contributed by atoms with E-state index in [-0.39, 0.29) is 23.6 Å². The molecular formula is C48H56N6O5. The summed E-state index contributed by atoms with van der Waals surface area (Å²) in [4.78, 5) is 63.4. The summed E-state index contributed by atoms with van der Waals surface area (Å²) in [7, 11) is 0. The summed E-state index contributed by atoms with van der Waals surface area (Å²) in [6.07, 6.45) is 2.75. The Morgan fingerprint density at radius 2 is 1.07 bits per heavy atom. The number of amides is 4. The van der Waals surface area contributed by atoms with E-state index in [1.165, 1.54) is 0 Å². The molecule has 59 heavy (non-hydrogen) atoms. The molecule has 0 bridgehead atoms. The lowest BCUT2D eigenvalue weighted by Gasteiger charge is -2.34. The van der Waals surface area contributed by atoms with Gasteiger partial charge in [0, 0.05) is 35.4 Å². The molecule has 0 saturated carbocycles. The van der Waals surface area contributed by atoms with Crippen LogP contribution in [0.25, 0.3) is 22.3 Å². The van der Waals surface area contributed by atoms with Gasteiger partial charge in [-0.1, -0.05) is 88.4 Å². The maximum atomic E-state index is 14.1. The number of hydrogen-bond donors (Lipinski definition) is 2. The summed E-state index contributed by atoms with van der Waals surface area (Å²) < 4.78 is 6.21. The van der Waals surface area contributed by atoms with Gasteiger partial charge in [-0.15, -0.1) is 0 Å². The lowest BCUT2D eigenvalue weighted by Crippen LogP contribution is -2.48. The summed E-state index contributed by atoms with van der Waals surface area (Å²) in [6, 6.07) is 32.6. The maximum Gasteiger partial charge on any atom is 0.247 e. The van der Waals surface area contributed by atoms with Gasteiger partial charge in [0.15, 0.2) is 0 Å². The first-order valence-electron chi connectivity index (χ1n) is 21.2. The number of likely N-dealkylation sites (tertiary alicyclic amines) is 2. The van der Waals surface area contributed by atoms with Crippen LogP contribution in [0.3, 0.4) is 0 Å². The van der Waals surface area contributed by atoms with E-state index >= 15 is 0 Å². The van der Waals surface area contributed by atoms with Crippen molar-refractivity contribution in [2.24, 2.45) is 0 Å². The number of anilines is 2. The van der Waals surface area contributed by atoms with E-state index in [1.807, 2.05) is 109 Å². The summed E-state index contributed by atoms with van der Waals surface area (Å²) in [5.41, 5.74) is 4.62. The van der Waals surface area contributed by atoms with E-state index < -0.39 is 24.2 Å². The third kappa shape index (κ3) is 8.96. The highest BCUT2D eigenvalue weighted by atomic mass is 16.3. The Morgan fingerprint density at radius 3 is 1.54 bits per heavy atom. The van der Waals surface area contributed by atoms with Crippen LogP contribution < -0.4 is 10.6 Å². The highest BCUT2D eigenvalue weighted by Gasteiger charge is 2.40. The summed E-state index contributed by atoms with van der Waals surface area (Å²) in [5.74, 6) is 0.162. The minimum absolute atomic E-state index is 0.0426. The second-order valence-electron chi connectivity index (χ2n) is 15.4. The Balaban J connectivity index is 1.000. The number of hydrogen-bond acceptors (Lipinski definition) is 7. The molecule has 3 heterocycles. The number of rotatable bonds is 15. The monoisotopic (exact) mass is 796 g/mol. The van der Waals surface area contributed by atoms with E-state index in [9.17, 15) is 19.2 Å². The van der Waals surface area contributed by atoms with Gasteiger partial charge in [-0.2, -0.15) is 0 Å². The van der Waals surface area contributed by atoms with Gasteiger partial charge in [0.2, 0.25) is 23.6 Å². The van der Waals surface area contributed by atoms with Crippen LogP contribution in [0, 0.1) is 0 Å². The van der Waals surface area contributed by atoms with E-state index in [2.05, 4.69) is 48.1 Å². The molecule has 0 spiro atoms. The zero-order chi connectivity index (χ0) is 41.5. The first kappa shape index (κ1) is 41.4. The van der Waals surface area contributed by atoms with Crippen molar-refractivity contribution in [3.63, 3.8) is 0 Å². The third-order valence-electron chi connectivity index (χ3n) is 12.0. The van der Waals surface area contributed by atoms with Gasteiger partial charge in [-0.25, -0.2) is 0 Å². The topological polar surface area (TPSA) is 118 Å². The molecule has 0 radical (unpaired) electrons. The predicted molar refractivity (Wildman–Crippen MR) is 233 cm³/mol. The van der Waals surface area contributed by atoms with Crippen LogP contribution in [0.1, 0.15) is 76.6 Å². The highest BCUT2D eigenvalue weighted by molar-refractivity contribution is 6.00. The molecular weight excluding hydrogens is 741 g/mol. The molecule has 11 nitrogen and oxygen atoms in total. The largest absolute Gasteiger partial charge is 0.456 e. The molecule has 2 saturated heterocycles. The van der Waals surface area contributed by atoms with Gasteiger partial charge < -0.3 is 24.9 Å². The van der Waals surface area contributed by atoms with Crippen molar-refractivity contribution < 1.29 is 23.6 Å². The lowest BCUT2D eigenvalue weighted by atomic mass is 10.0. The van der Waals surface area contributed by atoms with Gasteiger partial charge in [-0.3, -0.25) is 29.0 Å². The second kappa shape index (κ2) is 18.9. The molecule has 2 fully saturated rings. The fourth-order valence-corrected chi connectivity index (χ4v) is 8.82. The fourth-order valence-electron chi connectivity index (χ4n) is 8.82. The van der Waals surface area contributed by atoms with Crippen molar-refractivity contribution in [2.75, 3.05) is 49.9 Å².